The van der Waals surface area contributed by atoms with Gasteiger partial charge < -0.3 is 10.1 Å². The van der Waals surface area contributed by atoms with Gasteiger partial charge in [-0.25, -0.2) is 18.0 Å². The number of halogens is 7. The van der Waals surface area contributed by atoms with Gasteiger partial charge in [0.05, 0.1) is 20.6 Å². The molecule has 3 amide bonds. The van der Waals surface area contributed by atoms with E-state index >= 15 is 0 Å². The minimum atomic E-state index is -3.04. The van der Waals surface area contributed by atoms with Gasteiger partial charge in [-0.05, 0) is 24.3 Å². The lowest BCUT2D eigenvalue weighted by Crippen LogP contribution is -2.35. The minimum Gasteiger partial charge on any atom is -0.488 e. The second-order valence-electron chi connectivity index (χ2n) is 6.41. The van der Waals surface area contributed by atoms with Crippen molar-refractivity contribution in [1.29, 1.82) is 0 Å². The summed E-state index contributed by atoms with van der Waals surface area (Å²) in [6.45, 7) is -0.522. The van der Waals surface area contributed by atoms with Crippen molar-refractivity contribution in [3.8, 4) is 5.75 Å². The molecule has 0 bridgehead atoms. The lowest BCUT2D eigenvalue weighted by atomic mass is 10.2. The van der Waals surface area contributed by atoms with E-state index < -0.39 is 47.1 Å². The molecule has 0 aromatic heterocycles. The number of amides is 3. The lowest BCUT2D eigenvalue weighted by Gasteiger charge is -2.15. The highest BCUT2D eigenvalue weighted by Crippen LogP contribution is 2.58. The maximum absolute atomic E-state index is 13.8. The maximum atomic E-state index is 13.8. The zero-order valence-electron chi connectivity index (χ0n) is 14.7. The van der Waals surface area contributed by atoms with Crippen LogP contribution in [0.5, 0.6) is 5.75 Å². The van der Waals surface area contributed by atoms with Crippen LogP contribution >= 0.6 is 46.4 Å². The highest BCUT2D eigenvalue weighted by atomic mass is 35.5. The van der Waals surface area contributed by atoms with Crippen molar-refractivity contribution in [2.45, 2.75) is 17.2 Å². The topological polar surface area (TPSA) is 67.4 Å². The van der Waals surface area contributed by atoms with E-state index in [2.05, 4.69) is 5.32 Å². The zero-order valence-corrected chi connectivity index (χ0v) is 17.7. The Balaban J connectivity index is 1.65. The smallest absolute Gasteiger partial charge is 0.326 e. The van der Waals surface area contributed by atoms with Crippen molar-refractivity contribution < 1.29 is 27.5 Å². The van der Waals surface area contributed by atoms with Gasteiger partial charge in [0.15, 0.2) is 5.75 Å². The number of benzene rings is 2. The molecule has 1 saturated carbocycles. The van der Waals surface area contributed by atoms with Crippen molar-refractivity contribution in [2.75, 3.05) is 11.9 Å². The average molecular weight is 502 g/mol. The first-order chi connectivity index (χ1) is 13.9. The number of carbonyl (C=O) groups excluding carboxylic acids is 2. The second-order valence-corrected chi connectivity index (χ2v) is 8.35. The molecule has 30 heavy (non-hydrogen) atoms. The fourth-order valence-electron chi connectivity index (χ4n) is 2.46. The summed E-state index contributed by atoms with van der Waals surface area (Å²) >= 11 is 23.6. The summed E-state index contributed by atoms with van der Waals surface area (Å²) in [5.74, 6) is -5.11. The Morgan fingerprint density at radius 3 is 2.23 bits per heavy atom. The van der Waals surface area contributed by atoms with E-state index in [9.17, 15) is 22.8 Å². The molecule has 160 valence electrons. The highest BCUT2D eigenvalue weighted by molar-refractivity contribution is 6.38. The number of alkyl halides is 3. The molecule has 0 heterocycles. The van der Waals surface area contributed by atoms with E-state index in [1.807, 2.05) is 5.32 Å². The third-order valence-corrected chi connectivity index (χ3v) is 5.55. The molecule has 2 N–H and O–H groups in total. The van der Waals surface area contributed by atoms with Gasteiger partial charge >= 0.3 is 6.03 Å². The normalized spacial score (nSPS) is 19.2. The molecule has 0 radical (unpaired) electrons. The van der Waals surface area contributed by atoms with Crippen LogP contribution in [-0.4, -0.2) is 29.3 Å². The summed E-state index contributed by atoms with van der Waals surface area (Å²) in [4.78, 5) is 22.3. The predicted molar refractivity (Wildman–Crippen MR) is 108 cm³/mol. The van der Waals surface area contributed by atoms with E-state index in [1.54, 1.807) is 0 Å². The number of nitrogens with one attached hydrogen (secondary N) is 2. The standard InChI is InChI=1S/C18H11Cl4F3N2O3/c19-9-2-1-3-12(23)13(9)15(28)27-16(29)26-8-4-10(20)14(11(21)5-8)30-7-17(22)6-18(17,24)25/h1-5H,6-7H2,(H2,26,27,28,29). The van der Waals surface area contributed by atoms with Crippen LogP contribution in [0.2, 0.25) is 15.1 Å². The molecular formula is C18H11Cl4F3N2O3. The Hall–Kier alpha value is -1.87. The first kappa shape index (κ1) is 22.8. The van der Waals surface area contributed by atoms with Crippen molar-refractivity contribution in [2.24, 2.45) is 0 Å². The average Bonchev–Trinajstić information content (AvgIpc) is 3.11. The summed E-state index contributed by atoms with van der Waals surface area (Å²) in [5, 5.41) is 3.83. The van der Waals surface area contributed by atoms with Gasteiger partial charge in [-0.3, -0.25) is 10.1 Å². The summed E-state index contributed by atoms with van der Waals surface area (Å²) in [7, 11) is 0. The number of anilines is 1. The van der Waals surface area contributed by atoms with Crippen LogP contribution in [0.4, 0.5) is 23.7 Å². The molecule has 1 fully saturated rings. The third kappa shape index (κ3) is 4.72. The van der Waals surface area contributed by atoms with Crippen molar-refractivity contribution >= 4 is 64.0 Å². The number of hydrogen-bond acceptors (Lipinski definition) is 3. The van der Waals surface area contributed by atoms with Gasteiger partial charge in [0, 0.05) is 12.1 Å². The van der Waals surface area contributed by atoms with E-state index in [4.69, 9.17) is 51.1 Å². The quantitative estimate of drug-likeness (QED) is 0.483. The Morgan fingerprint density at radius 2 is 1.70 bits per heavy atom. The molecule has 2 aromatic rings. The lowest BCUT2D eigenvalue weighted by molar-refractivity contribution is 0.0928. The van der Waals surface area contributed by atoms with Crippen molar-refractivity contribution in [3.05, 3.63) is 56.8 Å². The number of ether oxygens (including phenoxy) is 1. The fraction of sp³-hybridized carbons (Fsp3) is 0.222. The highest BCUT2D eigenvalue weighted by Gasteiger charge is 2.71. The maximum Gasteiger partial charge on any atom is 0.326 e. The number of hydrogen-bond donors (Lipinski definition) is 2. The van der Waals surface area contributed by atoms with Crippen molar-refractivity contribution in [3.63, 3.8) is 0 Å². The Morgan fingerprint density at radius 1 is 1.10 bits per heavy atom. The summed E-state index contributed by atoms with van der Waals surface area (Å²) in [6, 6.07) is 5.03. The van der Waals surface area contributed by atoms with Crippen LogP contribution in [0.1, 0.15) is 16.8 Å². The Kier molecular flexibility index (Phi) is 6.34. The second kappa shape index (κ2) is 8.34. The molecule has 5 nitrogen and oxygen atoms in total. The molecule has 12 heteroatoms. The van der Waals surface area contributed by atoms with Crippen LogP contribution in [0, 0.1) is 5.82 Å². The summed E-state index contributed by atoms with van der Waals surface area (Å²) < 4.78 is 45.3. The van der Waals surface area contributed by atoms with Crippen LogP contribution < -0.4 is 15.4 Å². The molecule has 0 saturated heterocycles. The molecule has 0 aliphatic heterocycles. The number of urea groups is 1. The summed E-state index contributed by atoms with van der Waals surface area (Å²) in [5.41, 5.74) is -0.444. The van der Waals surface area contributed by atoms with Gasteiger partial charge in [0.25, 0.3) is 11.8 Å². The largest absolute Gasteiger partial charge is 0.488 e. The van der Waals surface area contributed by atoms with Gasteiger partial charge in [0.2, 0.25) is 0 Å². The third-order valence-electron chi connectivity index (χ3n) is 4.15. The molecule has 1 aliphatic rings. The first-order valence-electron chi connectivity index (χ1n) is 8.18. The van der Waals surface area contributed by atoms with Crippen LogP contribution in [0.3, 0.4) is 0 Å². The van der Waals surface area contributed by atoms with Crippen LogP contribution in [0.25, 0.3) is 0 Å². The van der Waals surface area contributed by atoms with Gasteiger partial charge in [-0.15, -0.1) is 11.6 Å². The SMILES string of the molecule is O=C(NC(=O)c1c(F)cccc1Cl)Nc1cc(Cl)c(OCC2(Cl)CC2(F)F)c(Cl)c1. The van der Waals surface area contributed by atoms with E-state index in [0.717, 1.165) is 6.07 Å². The zero-order chi connectivity index (χ0) is 22.3. The van der Waals surface area contributed by atoms with Crippen LogP contribution in [0.15, 0.2) is 30.3 Å². The fourth-order valence-corrected chi connectivity index (χ4v) is 3.53. The van der Waals surface area contributed by atoms with Gasteiger partial charge in [-0.2, -0.15) is 0 Å². The number of carbonyl (C=O) groups is 2. The van der Waals surface area contributed by atoms with E-state index in [0.29, 0.717) is 0 Å². The van der Waals surface area contributed by atoms with Crippen LogP contribution in [-0.2, 0) is 0 Å². The first-order valence-corrected chi connectivity index (χ1v) is 9.70. The van der Waals surface area contributed by atoms with Gasteiger partial charge in [0.1, 0.15) is 17.3 Å². The molecule has 2 aromatic carbocycles. The molecule has 1 aliphatic carbocycles. The molecule has 0 spiro atoms. The number of imide groups is 1. The molecule has 1 atom stereocenters. The minimum absolute atomic E-state index is 0.0552. The van der Waals surface area contributed by atoms with E-state index in [-0.39, 0.29) is 26.5 Å². The Bertz CT molecular complexity index is 994. The monoisotopic (exact) mass is 500 g/mol. The predicted octanol–water partition coefficient (Wildman–Crippen LogP) is 6.14. The Labute approximate surface area is 188 Å². The summed E-state index contributed by atoms with van der Waals surface area (Å²) in [6.07, 6.45) is -0.531. The van der Waals surface area contributed by atoms with E-state index in [1.165, 1.54) is 24.3 Å². The molecule has 1 unspecified atom stereocenters. The molecular weight excluding hydrogens is 491 g/mol. The van der Waals surface area contributed by atoms with Gasteiger partial charge in [-0.1, -0.05) is 40.9 Å². The molecule has 3 rings (SSSR count). The number of rotatable bonds is 5. The van der Waals surface area contributed by atoms with Crippen molar-refractivity contribution in [1.82, 2.24) is 5.32 Å².